The van der Waals surface area contributed by atoms with Crippen molar-refractivity contribution >= 4 is 45.7 Å². The first-order chi connectivity index (χ1) is 15.0. The smallest absolute Gasteiger partial charge is 0.236 e. The zero-order chi connectivity index (χ0) is 21.8. The maximum absolute atomic E-state index is 13.1. The molecule has 31 heavy (non-hydrogen) atoms. The van der Waals surface area contributed by atoms with Crippen LogP contribution in [0.1, 0.15) is 6.92 Å². The van der Waals surface area contributed by atoms with Gasteiger partial charge in [-0.05, 0) is 55.5 Å². The van der Waals surface area contributed by atoms with Crippen molar-refractivity contribution < 1.29 is 9.18 Å². The molecule has 1 N–H and O–H groups in total. The van der Waals surface area contributed by atoms with E-state index in [1.807, 2.05) is 29.0 Å². The van der Waals surface area contributed by atoms with Gasteiger partial charge >= 0.3 is 0 Å². The number of anilines is 1. The molecule has 0 aliphatic rings. The summed E-state index contributed by atoms with van der Waals surface area (Å²) >= 11 is 8.59. The lowest BCUT2D eigenvalue weighted by Crippen LogP contribution is -2.14. The van der Waals surface area contributed by atoms with E-state index in [1.165, 1.54) is 35.2 Å². The normalized spacial score (nSPS) is 10.9. The molecule has 6 nitrogen and oxygen atoms in total. The van der Waals surface area contributed by atoms with Crippen LogP contribution >= 0.6 is 34.7 Å². The summed E-state index contributed by atoms with van der Waals surface area (Å²) in [7, 11) is 0. The Balaban J connectivity index is 1.39. The van der Waals surface area contributed by atoms with Gasteiger partial charge in [-0.3, -0.25) is 4.79 Å². The van der Waals surface area contributed by atoms with Crippen LogP contribution in [0.4, 0.5) is 9.52 Å². The molecule has 2 heterocycles. The van der Waals surface area contributed by atoms with Crippen LogP contribution in [0.25, 0.3) is 22.6 Å². The number of carbonyl (C=O) groups is 1. The topological polar surface area (TPSA) is 72.7 Å². The van der Waals surface area contributed by atoms with Gasteiger partial charge in [0.2, 0.25) is 5.91 Å². The molecule has 0 aliphatic carbocycles. The standard InChI is InChI=1S/C21H17ClFN5OS2/c1-2-28-19(14-3-7-15(22)8-4-14)26-27-21(28)31-12-18(29)25-20-24-17(11-30-20)13-5-9-16(23)10-6-13/h3-11H,2,12H2,1H3,(H,24,25,29). The Morgan fingerprint density at radius 2 is 1.84 bits per heavy atom. The fourth-order valence-electron chi connectivity index (χ4n) is 2.86. The van der Waals surface area contributed by atoms with Crippen LogP contribution in [0, 0.1) is 5.82 Å². The highest BCUT2D eigenvalue weighted by Gasteiger charge is 2.15. The number of thioether (sulfide) groups is 1. The summed E-state index contributed by atoms with van der Waals surface area (Å²) in [6.45, 7) is 2.67. The average Bonchev–Trinajstić information content (AvgIpc) is 3.40. The molecule has 10 heteroatoms. The van der Waals surface area contributed by atoms with Crippen LogP contribution in [-0.2, 0) is 11.3 Å². The van der Waals surface area contributed by atoms with Gasteiger partial charge in [0.15, 0.2) is 16.1 Å². The molecule has 4 aromatic rings. The third-order valence-corrected chi connectivity index (χ3v) is 6.33. The molecule has 2 aromatic heterocycles. The molecule has 2 aromatic carbocycles. The van der Waals surface area contributed by atoms with Crippen LogP contribution in [0.15, 0.2) is 59.1 Å². The minimum atomic E-state index is -0.302. The highest BCUT2D eigenvalue weighted by Crippen LogP contribution is 2.27. The van der Waals surface area contributed by atoms with Crippen LogP contribution in [-0.4, -0.2) is 31.4 Å². The number of aromatic nitrogens is 4. The van der Waals surface area contributed by atoms with Crippen molar-refractivity contribution in [1.29, 1.82) is 0 Å². The van der Waals surface area contributed by atoms with Gasteiger partial charge in [0.1, 0.15) is 5.82 Å². The average molecular weight is 474 g/mol. The predicted molar refractivity (Wildman–Crippen MR) is 123 cm³/mol. The molecule has 0 saturated heterocycles. The van der Waals surface area contributed by atoms with E-state index in [2.05, 4.69) is 20.5 Å². The van der Waals surface area contributed by atoms with Crippen molar-refractivity contribution in [3.05, 3.63) is 64.8 Å². The zero-order valence-corrected chi connectivity index (χ0v) is 18.8. The number of benzene rings is 2. The summed E-state index contributed by atoms with van der Waals surface area (Å²) in [5.74, 6) is 0.405. The van der Waals surface area contributed by atoms with Crippen LogP contribution in [0.5, 0.6) is 0 Å². The quantitative estimate of drug-likeness (QED) is 0.353. The Hall–Kier alpha value is -2.75. The Labute approximate surface area is 191 Å². The third kappa shape index (κ3) is 5.12. The van der Waals surface area contributed by atoms with E-state index in [9.17, 15) is 9.18 Å². The summed E-state index contributed by atoms with van der Waals surface area (Å²) in [4.78, 5) is 16.8. The van der Waals surface area contributed by atoms with E-state index in [0.29, 0.717) is 27.5 Å². The van der Waals surface area contributed by atoms with Gasteiger partial charge in [0, 0.05) is 28.1 Å². The van der Waals surface area contributed by atoms with Crippen molar-refractivity contribution in [1.82, 2.24) is 19.7 Å². The van der Waals surface area contributed by atoms with E-state index in [4.69, 9.17) is 11.6 Å². The van der Waals surface area contributed by atoms with Crippen molar-refractivity contribution in [3.63, 3.8) is 0 Å². The van der Waals surface area contributed by atoms with Gasteiger partial charge in [-0.1, -0.05) is 23.4 Å². The number of halogens is 2. The minimum Gasteiger partial charge on any atom is -0.302 e. The predicted octanol–water partition coefficient (Wildman–Crippen LogP) is 5.61. The van der Waals surface area contributed by atoms with Gasteiger partial charge in [-0.2, -0.15) is 0 Å². The van der Waals surface area contributed by atoms with E-state index < -0.39 is 0 Å². The van der Waals surface area contributed by atoms with Gasteiger partial charge in [-0.25, -0.2) is 9.37 Å². The number of nitrogens with one attached hydrogen (secondary N) is 1. The first-order valence-electron chi connectivity index (χ1n) is 9.36. The minimum absolute atomic E-state index is 0.171. The largest absolute Gasteiger partial charge is 0.302 e. The lowest BCUT2D eigenvalue weighted by Gasteiger charge is -2.07. The molecule has 0 bridgehead atoms. The molecular formula is C21H17ClFN5OS2. The highest BCUT2D eigenvalue weighted by atomic mass is 35.5. The van der Waals surface area contributed by atoms with Crippen LogP contribution in [0.2, 0.25) is 5.02 Å². The molecule has 0 fully saturated rings. The molecule has 0 saturated carbocycles. The van der Waals surface area contributed by atoms with E-state index in [1.54, 1.807) is 24.3 Å². The fourth-order valence-corrected chi connectivity index (χ4v) is 4.53. The SMILES string of the molecule is CCn1c(SCC(=O)Nc2nc(-c3ccc(F)cc3)cs2)nnc1-c1ccc(Cl)cc1. The zero-order valence-electron chi connectivity index (χ0n) is 16.4. The second-order valence-corrected chi connectivity index (χ2v) is 8.68. The number of hydrogen-bond acceptors (Lipinski definition) is 6. The van der Waals surface area contributed by atoms with Gasteiger partial charge in [-0.15, -0.1) is 21.5 Å². The number of thiazole rings is 1. The lowest BCUT2D eigenvalue weighted by molar-refractivity contribution is -0.113. The Morgan fingerprint density at radius 3 is 2.55 bits per heavy atom. The van der Waals surface area contributed by atoms with Crippen molar-refractivity contribution in [2.24, 2.45) is 0 Å². The maximum atomic E-state index is 13.1. The van der Waals surface area contributed by atoms with Gasteiger partial charge in [0.25, 0.3) is 0 Å². The molecule has 158 valence electrons. The fraction of sp³-hybridized carbons (Fsp3) is 0.143. The molecule has 0 spiro atoms. The van der Waals surface area contributed by atoms with Gasteiger partial charge < -0.3 is 9.88 Å². The summed E-state index contributed by atoms with van der Waals surface area (Å²) in [5.41, 5.74) is 2.38. The second-order valence-electron chi connectivity index (χ2n) is 6.44. The lowest BCUT2D eigenvalue weighted by atomic mass is 10.2. The van der Waals surface area contributed by atoms with E-state index in [-0.39, 0.29) is 17.5 Å². The summed E-state index contributed by atoms with van der Waals surface area (Å²) in [6.07, 6.45) is 0. The van der Waals surface area contributed by atoms with E-state index >= 15 is 0 Å². The number of hydrogen-bond donors (Lipinski definition) is 1. The van der Waals surface area contributed by atoms with Gasteiger partial charge in [0.05, 0.1) is 11.4 Å². The highest BCUT2D eigenvalue weighted by molar-refractivity contribution is 7.99. The first-order valence-corrected chi connectivity index (χ1v) is 11.6. The maximum Gasteiger partial charge on any atom is 0.236 e. The third-order valence-electron chi connectivity index (χ3n) is 4.36. The van der Waals surface area contributed by atoms with Crippen LogP contribution in [0.3, 0.4) is 0 Å². The van der Waals surface area contributed by atoms with E-state index in [0.717, 1.165) is 17.0 Å². The number of amides is 1. The molecule has 0 radical (unpaired) electrons. The van der Waals surface area contributed by atoms with Crippen molar-refractivity contribution in [3.8, 4) is 22.6 Å². The monoisotopic (exact) mass is 473 g/mol. The first kappa shape index (κ1) is 21.5. The van der Waals surface area contributed by atoms with Crippen LogP contribution < -0.4 is 5.32 Å². The summed E-state index contributed by atoms with van der Waals surface area (Å²) < 4.78 is 15.0. The molecule has 0 aliphatic heterocycles. The molecule has 1 amide bonds. The molecule has 0 unspecified atom stereocenters. The number of carbonyl (C=O) groups excluding carboxylic acids is 1. The Morgan fingerprint density at radius 1 is 1.13 bits per heavy atom. The Kier molecular flexibility index (Phi) is 6.64. The molecule has 4 rings (SSSR count). The number of rotatable bonds is 7. The van der Waals surface area contributed by atoms with Crippen molar-refractivity contribution in [2.75, 3.05) is 11.1 Å². The summed E-state index contributed by atoms with van der Waals surface area (Å²) in [6, 6.07) is 13.5. The molecular weight excluding hydrogens is 457 g/mol. The second kappa shape index (κ2) is 9.59. The number of nitrogens with zero attached hydrogens (tertiary/aromatic N) is 4. The Bertz CT molecular complexity index is 1190. The molecule has 0 atom stereocenters. The van der Waals surface area contributed by atoms with Crippen molar-refractivity contribution in [2.45, 2.75) is 18.6 Å². The summed E-state index contributed by atoms with van der Waals surface area (Å²) in [5, 5.41) is 14.9.